The molecule has 3 aromatic rings. The number of carbonyl (C=O) groups is 1. The Kier molecular flexibility index (Phi) is 8.47. The van der Waals surface area contributed by atoms with E-state index in [0.29, 0.717) is 20.5 Å². The number of thiophene rings is 1. The van der Waals surface area contributed by atoms with E-state index in [0.717, 1.165) is 68.5 Å². The number of hydrogen-bond acceptors (Lipinski definition) is 2. The molecule has 6 heteroatoms. The van der Waals surface area contributed by atoms with Gasteiger partial charge in [-0.15, -0.1) is 11.3 Å². The van der Waals surface area contributed by atoms with Crippen LogP contribution in [0.5, 0.6) is 0 Å². The zero-order chi connectivity index (χ0) is 26.0. The average Bonchev–Trinajstić information content (AvgIpc) is 3.47. The Morgan fingerprint density at radius 3 is 2.31 bits per heavy atom. The van der Waals surface area contributed by atoms with E-state index in [9.17, 15) is 4.79 Å². The number of aliphatic carboxylic acids is 1. The van der Waals surface area contributed by atoms with E-state index in [2.05, 4.69) is 32.9 Å². The van der Waals surface area contributed by atoms with Crippen LogP contribution in [0.2, 0.25) is 8.67 Å². The molecule has 0 spiro atoms. The molecule has 1 N–H and O–H groups in total. The molecule has 0 radical (unpaired) electrons. The van der Waals surface area contributed by atoms with Crippen LogP contribution in [-0.4, -0.2) is 11.1 Å². The molecule has 2 atom stereocenters. The van der Waals surface area contributed by atoms with Gasteiger partial charge in [0.15, 0.2) is 0 Å². The van der Waals surface area contributed by atoms with Gasteiger partial charge in [-0.25, -0.2) is 4.79 Å². The molecule has 1 unspecified atom stereocenters. The number of allylic oxidation sites excluding steroid dienone is 3. The third-order valence-corrected chi connectivity index (χ3v) is 8.52. The van der Waals surface area contributed by atoms with Gasteiger partial charge >= 0.3 is 5.97 Å². The quantitative estimate of drug-likeness (QED) is 0.221. The molecular formula is C30H27Cl3O2S. The van der Waals surface area contributed by atoms with Crippen molar-refractivity contribution in [3.05, 3.63) is 103 Å². The molecule has 2 nitrogen and oxygen atoms in total. The standard InChI is InChI=1S/C30H27Cl3O2S/c1-4-21(24-16-25(31)36-30(24)33)27(20-12-9-19(10-13-20)11-14-26(34)35)28(23-15-18(23)3)29(32)22-8-6-5-7-17(22)2/h5-14,16,18,23H,4,15H2,1-3H3,(H,34,35)/b14-11+,27-21+,29-28-/t18-,23?/m0/s1. The first-order valence-corrected chi connectivity index (χ1v) is 13.8. The predicted molar refractivity (Wildman–Crippen MR) is 156 cm³/mol. The second kappa shape index (κ2) is 11.4. The Bertz CT molecular complexity index is 1380. The second-order valence-electron chi connectivity index (χ2n) is 9.10. The van der Waals surface area contributed by atoms with Crippen molar-refractivity contribution >= 4 is 74.4 Å². The summed E-state index contributed by atoms with van der Waals surface area (Å²) in [6.07, 6.45) is 4.54. The lowest BCUT2D eigenvalue weighted by atomic mass is 9.84. The van der Waals surface area contributed by atoms with Crippen LogP contribution in [0.4, 0.5) is 0 Å². The van der Waals surface area contributed by atoms with Crippen molar-refractivity contribution in [3.8, 4) is 0 Å². The van der Waals surface area contributed by atoms with Gasteiger partial charge in [-0.3, -0.25) is 0 Å². The predicted octanol–water partition coefficient (Wildman–Crippen LogP) is 10.1. The van der Waals surface area contributed by atoms with Gasteiger partial charge in [0.05, 0.1) is 9.37 Å². The molecule has 186 valence electrons. The van der Waals surface area contributed by atoms with E-state index in [1.165, 1.54) is 11.3 Å². The molecule has 4 rings (SSSR count). The first-order valence-electron chi connectivity index (χ1n) is 11.9. The lowest BCUT2D eigenvalue weighted by molar-refractivity contribution is -0.131. The lowest BCUT2D eigenvalue weighted by Crippen LogP contribution is -2.02. The van der Waals surface area contributed by atoms with E-state index >= 15 is 0 Å². The summed E-state index contributed by atoms with van der Waals surface area (Å²) in [7, 11) is 0. The lowest BCUT2D eigenvalue weighted by Gasteiger charge is -2.21. The zero-order valence-corrected chi connectivity index (χ0v) is 23.4. The Balaban J connectivity index is 2.01. The van der Waals surface area contributed by atoms with Gasteiger partial charge in [-0.1, -0.05) is 97.2 Å². The molecule has 0 aliphatic heterocycles. The molecule has 1 aliphatic carbocycles. The number of aryl methyl sites for hydroxylation is 1. The fraction of sp³-hybridized carbons (Fsp3) is 0.233. The van der Waals surface area contributed by atoms with Crippen LogP contribution < -0.4 is 0 Å². The number of hydrogen-bond donors (Lipinski definition) is 1. The van der Waals surface area contributed by atoms with Crippen molar-refractivity contribution in [1.29, 1.82) is 0 Å². The summed E-state index contributed by atoms with van der Waals surface area (Å²) < 4.78 is 1.30. The number of carboxylic acids is 1. The topological polar surface area (TPSA) is 37.3 Å². The van der Waals surface area contributed by atoms with E-state index in [-0.39, 0.29) is 0 Å². The molecule has 0 saturated heterocycles. The summed E-state index contributed by atoms with van der Waals surface area (Å²) in [6.45, 7) is 6.45. The highest BCUT2D eigenvalue weighted by Crippen LogP contribution is 2.54. The van der Waals surface area contributed by atoms with E-state index in [1.807, 2.05) is 42.5 Å². The number of carboxylic acid groups (broad SMARTS) is 1. The highest BCUT2D eigenvalue weighted by Gasteiger charge is 2.40. The summed E-state index contributed by atoms with van der Waals surface area (Å²) in [5, 5.41) is 9.76. The molecule has 1 heterocycles. The monoisotopic (exact) mass is 556 g/mol. The van der Waals surface area contributed by atoms with Crippen molar-refractivity contribution in [3.63, 3.8) is 0 Å². The summed E-state index contributed by atoms with van der Waals surface area (Å²) in [4.78, 5) is 11.0. The van der Waals surface area contributed by atoms with E-state index < -0.39 is 5.97 Å². The van der Waals surface area contributed by atoms with Gasteiger partial charge in [0.25, 0.3) is 0 Å². The molecule has 1 aromatic heterocycles. The molecule has 0 amide bonds. The SMILES string of the molecule is CC/C(=C(\C(=C(/Cl)c1ccccc1C)C1C[C@@H]1C)c1ccc(/C=C/C(=O)O)cc1)c1cc(Cl)sc1Cl. The average molecular weight is 558 g/mol. The number of halogens is 3. The maximum atomic E-state index is 11.0. The molecule has 2 aromatic carbocycles. The van der Waals surface area contributed by atoms with Crippen molar-refractivity contribution < 1.29 is 9.90 Å². The van der Waals surface area contributed by atoms with Crippen LogP contribution in [0, 0.1) is 18.8 Å². The Labute approximate surface area is 231 Å². The van der Waals surface area contributed by atoms with Crippen LogP contribution >= 0.6 is 46.1 Å². The summed E-state index contributed by atoms with van der Waals surface area (Å²) in [5.41, 5.74) is 8.20. The Hall–Kier alpha value is -2.30. The first-order chi connectivity index (χ1) is 17.2. The van der Waals surface area contributed by atoms with Gasteiger partial charge in [-0.05, 0) is 82.7 Å². The smallest absolute Gasteiger partial charge is 0.328 e. The highest BCUT2D eigenvalue weighted by atomic mass is 35.5. The van der Waals surface area contributed by atoms with Crippen molar-refractivity contribution in [2.24, 2.45) is 11.8 Å². The molecular weight excluding hydrogens is 531 g/mol. The van der Waals surface area contributed by atoms with Gasteiger partial charge < -0.3 is 5.11 Å². The molecule has 0 bridgehead atoms. The van der Waals surface area contributed by atoms with Crippen molar-refractivity contribution in [2.75, 3.05) is 0 Å². The fourth-order valence-electron chi connectivity index (χ4n) is 4.62. The Morgan fingerprint density at radius 2 is 1.78 bits per heavy atom. The van der Waals surface area contributed by atoms with Gasteiger partial charge in [0.2, 0.25) is 0 Å². The highest BCUT2D eigenvalue weighted by molar-refractivity contribution is 7.20. The minimum Gasteiger partial charge on any atom is -0.478 e. The van der Waals surface area contributed by atoms with Crippen LogP contribution in [-0.2, 0) is 4.79 Å². The number of benzene rings is 2. The normalized spacial score (nSPS) is 18.7. The third kappa shape index (κ3) is 5.81. The molecule has 1 fully saturated rings. The summed E-state index contributed by atoms with van der Waals surface area (Å²) >= 11 is 21.7. The Morgan fingerprint density at radius 1 is 1.11 bits per heavy atom. The van der Waals surface area contributed by atoms with E-state index in [4.69, 9.17) is 39.9 Å². The minimum absolute atomic E-state index is 0.327. The minimum atomic E-state index is -0.977. The number of rotatable bonds is 8. The van der Waals surface area contributed by atoms with Gasteiger partial charge in [0.1, 0.15) is 4.34 Å². The molecule has 36 heavy (non-hydrogen) atoms. The van der Waals surface area contributed by atoms with Gasteiger partial charge in [-0.2, -0.15) is 0 Å². The fourth-order valence-corrected chi connectivity index (χ4v) is 6.58. The van der Waals surface area contributed by atoms with Crippen LogP contribution in [0.3, 0.4) is 0 Å². The summed E-state index contributed by atoms with van der Waals surface area (Å²) in [6, 6.07) is 18.0. The van der Waals surface area contributed by atoms with Crippen molar-refractivity contribution in [1.82, 2.24) is 0 Å². The molecule has 1 aliphatic rings. The second-order valence-corrected chi connectivity index (χ2v) is 11.8. The summed E-state index contributed by atoms with van der Waals surface area (Å²) in [5.74, 6) is -0.131. The molecule has 1 saturated carbocycles. The first kappa shape index (κ1) is 26.8. The largest absolute Gasteiger partial charge is 0.478 e. The maximum absolute atomic E-state index is 11.0. The van der Waals surface area contributed by atoms with Crippen LogP contribution in [0.1, 0.15) is 54.5 Å². The van der Waals surface area contributed by atoms with Crippen LogP contribution in [0.15, 0.2) is 66.2 Å². The van der Waals surface area contributed by atoms with Crippen molar-refractivity contribution in [2.45, 2.75) is 33.6 Å². The maximum Gasteiger partial charge on any atom is 0.328 e. The van der Waals surface area contributed by atoms with E-state index in [1.54, 1.807) is 6.08 Å². The van der Waals surface area contributed by atoms with Crippen LogP contribution in [0.25, 0.3) is 22.3 Å². The zero-order valence-electron chi connectivity index (χ0n) is 20.3. The van der Waals surface area contributed by atoms with Gasteiger partial charge in [0, 0.05) is 11.6 Å². The third-order valence-electron chi connectivity index (χ3n) is 6.62.